The van der Waals surface area contributed by atoms with Crippen molar-refractivity contribution >= 4 is 5.97 Å². The minimum Gasteiger partial charge on any atom is -0.478 e. The summed E-state index contributed by atoms with van der Waals surface area (Å²) in [6, 6.07) is 7.15. The summed E-state index contributed by atoms with van der Waals surface area (Å²) in [6.07, 6.45) is 0. The molecule has 0 heterocycles. The van der Waals surface area contributed by atoms with Gasteiger partial charge in [0, 0.05) is 0 Å². The van der Waals surface area contributed by atoms with Gasteiger partial charge in [0.25, 0.3) is 0 Å². The number of nitrogens with zero attached hydrogens (tertiary/aromatic N) is 1. The third kappa shape index (κ3) is 2.35. The van der Waals surface area contributed by atoms with Crippen molar-refractivity contribution in [3.05, 3.63) is 34.9 Å². The molecule has 1 rings (SSSR count). The highest BCUT2D eigenvalue weighted by molar-refractivity contribution is 5.88. The van der Waals surface area contributed by atoms with E-state index in [0.717, 1.165) is 11.1 Å². The minimum atomic E-state index is -0.964. The Morgan fingerprint density at radius 3 is 2.47 bits per heavy atom. The van der Waals surface area contributed by atoms with E-state index in [9.17, 15) is 4.79 Å². The molecule has 0 amide bonds. The summed E-state index contributed by atoms with van der Waals surface area (Å²) in [5.41, 5.74) is 1.17. The van der Waals surface area contributed by atoms with Gasteiger partial charge in [0.1, 0.15) is 0 Å². The fourth-order valence-corrected chi connectivity index (χ4v) is 1.33. The lowest BCUT2D eigenvalue weighted by atomic mass is 9.84. The van der Waals surface area contributed by atoms with Gasteiger partial charge in [-0.25, -0.2) is 4.79 Å². The van der Waals surface area contributed by atoms with Gasteiger partial charge in [-0.3, -0.25) is 0 Å². The third-order valence-corrected chi connectivity index (χ3v) is 2.33. The molecule has 1 aromatic carbocycles. The van der Waals surface area contributed by atoms with E-state index < -0.39 is 11.4 Å². The largest absolute Gasteiger partial charge is 0.478 e. The number of carboxylic acids is 1. The Balaban J connectivity index is 3.34. The molecule has 0 spiro atoms. The maximum Gasteiger partial charge on any atom is 0.335 e. The SMILES string of the molecule is Cc1cc(C(=O)O)cc(C(C)(C)C#N)c1. The smallest absolute Gasteiger partial charge is 0.335 e. The topological polar surface area (TPSA) is 61.1 Å². The zero-order valence-electron chi connectivity index (χ0n) is 9.03. The van der Waals surface area contributed by atoms with Crippen molar-refractivity contribution in [3.63, 3.8) is 0 Å². The quantitative estimate of drug-likeness (QED) is 0.803. The molecule has 0 bridgehead atoms. The molecule has 3 heteroatoms. The summed E-state index contributed by atoms with van der Waals surface area (Å²) < 4.78 is 0. The van der Waals surface area contributed by atoms with Gasteiger partial charge >= 0.3 is 5.97 Å². The molecule has 0 aromatic heterocycles. The van der Waals surface area contributed by atoms with Crippen LogP contribution in [0.2, 0.25) is 0 Å². The number of nitriles is 1. The molecular weight excluding hydrogens is 190 g/mol. The van der Waals surface area contributed by atoms with E-state index in [-0.39, 0.29) is 5.56 Å². The highest BCUT2D eigenvalue weighted by Gasteiger charge is 2.21. The standard InChI is InChI=1S/C12H13NO2/c1-8-4-9(11(14)15)6-10(5-8)12(2,3)7-13/h4-6H,1-3H3,(H,14,15). The number of rotatable bonds is 2. The average molecular weight is 203 g/mol. The highest BCUT2D eigenvalue weighted by atomic mass is 16.4. The van der Waals surface area contributed by atoms with Crippen LogP contribution >= 0.6 is 0 Å². The first kappa shape index (κ1) is 11.3. The summed E-state index contributed by atoms with van der Waals surface area (Å²) in [7, 11) is 0. The Bertz CT molecular complexity index is 441. The Kier molecular flexibility index (Phi) is 2.81. The van der Waals surface area contributed by atoms with Crippen LogP contribution in [0.4, 0.5) is 0 Å². The van der Waals surface area contributed by atoms with Crippen molar-refractivity contribution in [2.24, 2.45) is 0 Å². The lowest BCUT2D eigenvalue weighted by Gasteiger charge is -2.16. The lowest BCUT2D eigenvalue weighted by Crippen LogP contribution is -2.15. The van der Waals surface area contributed by atoms with Crippen molar-refractivity contribution in [2.45, 2.75) is 26.2 Å². The molecule has 0 aliphatic carbocycles. The molecule has 1 aromatic rings. The number of hydrogen-bond donors (Lipinski definition) is 1. The van der Waals surface area contributed by atoms with Crippen LogP contribution in [-0.2, 0) is 5.41 Å². The number of carboxylic acid groups (broad SMARTS) is 1. The molecule has 78 valence electrons. The van der Waals surface area contributed by atoms with Crippen LogP contribution in [0.5, 0.6) is 0 Å². The molecule has 0 saturated carbocycles. The Hall–Kier alpha value is -1.82. The van der Waals surface area contributed by atoms with Crippen molar-refractivity contribution in [3.8, 4) is 6.07 Å². The van der Waals surface area contributed by atoms with E-state index in [1.807, 2.05) is 13.0 Å². The van der Waals surface area contributed by atoms with Crippen molar-refractivity contribution in [1.29, 1.82) is 5.26 Å². The summed E-state index contributed by atoms with van der Waals surface area (Å²) in [5.74, 6) is -0.964. The predicted molar refractivity (Wildman–Crippen MR) is 56.8 cm³/mol. The minimum absolute atomic E-state index is 0.230. The zero-order valence-corrected chi connectivity index (χ0v) is 9.03. The first-order valence-electron chi connectivity index (χ1n) is 4.63. The molecule has 0 radical (unpaired) electrons. The third-order valence-electron chi connectivity index (χ3n) is 2.33. The number of aromatic carboxylic acids is 1. The maximum absolute atomic E-state index is 10.8. The zero-order chi connectivity index (χ0) is 11.6. The molecule has 1 N–H and O–H groups in total. The highest BCUT2D eigenvalue weighted by Crippen LogP contribution is 2.24. The van der Waals surface area contributed by atoms with Gasteiger partial charge in [0.2, 0.25) is 0 Å². The number of carbonyl (C=O) groups is 1. The second-order valence-corrected chi connectivity index (χ2v) is 4.13. The first-order valence-corrected chi connectivity index (χ1v) is 4.63. The van der Waals surface area contributed by atoms with E-state index in [1.54, 1.807) is 26.0 Å². The van der Waals surface area contributed by atoms with E-state index in [4.69, 9.17) is 10.4 Å². The predicted octanol–water partition coefficient (Wildman–Crippen LogP) is 2.49. The molecule has 3 nitrogen and oxygen atoms in total. The molecule has 0 fully saturated rings. The van der Waals surface area contributed by atoms with Crippen LogP contribution in [0, 0.1) is 18.3 Å². The first-order chi connectivity index (χ1) is 6.86. The van der Waals surface area contributed by atoms with Gasteiger partial charge in [0.15, 0.2) is 0 Å². The van der Waals surface area contributed by atoms with Crippen molar-refractivity contribution in [1.82, 2.24) is 0 Å². The Morgan fingerprint density at radius 1 is 1.40 bits per heavy atom. The molecule has 0 aliphatic heterocycles. The number of aryl methyl sites for hydroxylation is 1. The van der Waals surface area contributed by atoms with Crippen molar-refractivity contribution in [2.75, 3.05) is 0 Å². The van der Waals surface area contributed by atoms with Crippen LogP contribution < -0.4 is 0 Å². The average Bonchev–Trinajstić information content (AvgIpc) is 2.16. The van der Waals surface area contributed by atoms with Gasteiger partial charge in [-0.1, -0.05) is 6.07 Å². The lowest BCUT2D eigenvalue weighted by molar-refractivity contribution is 0.0696. The van der Waals surface area contributed by atoms with E-state index >= 15 is 0 Å². The van der Waals surface area contributed by atoms with Crippen molar-refractivity contribution < 1.29 is 9.90 Å². The number of hydrogen-bond acceptors (Lipinski definition) is 2. The molecule has 0 aliphatic rings. The second kappa shape index (κ2) is 3.74. The monoisotopic (exact) mass is 203 g/mol. The van der Waals surface area contributed by atoms with E-state index in [2.05, 4.69) is 6.07 Å². The van der Waals surface area contributed by atoms with Gasteiger partial charge in [0.05, 0.1) is 17.0 Å². The fraction of sp³-hybridized carbons (Fsp3) is 0.333. The van der Waals surface area contributed by atoms with Crippen LogP contribution in [0.1, 0.15) is 35.3 Å². The van der Waals surface area contributed by atoms with Gasteiger partial charge < -0.3 is 5.11 Å². The van der Waals surface area contributed by atoms with Crippen LogP contribution in [0.15, 0.2) is 18.2 Å². The second-order valence-electron chi connectivity index (χ2n) is 4.13. The van der Waals surface area contributed by atoms with E-state index in [1.165, 1.54) is 0 Å². The maximum atomic E-state index is 10.8. The van der Waals surface area contributed by atoms with Crippen LogP contribution in [-0.4, -0.2) is 11.1 Å². The Morgan fingerprint density at radius 2 is 2.00 bits per heavy atom. The molecular formula is C12H13NO2. The fourth-order valence-electron chi connectivity index (χ4n) is 1.33. The normalized spacial score (nSPS) is 10.8. The summed E-state index contributed by atoms with van der Waals surface area (Å²) >= 11 is 0. The summed E-state index contributed by atoms with van der Waals surface area (Å²) in [6.45, 7) is 5.37. The number of benzene rings is 1. The Labute approximate surface area is 89.0 Å². The van der Waals surface area contributed by atoms with Crippen LogP contribution in [0.25, 0.3) is 0 Å². The molecule has 0 atom stereocenters. The van der Waals surface area contributed by atoms with Gasteiger partial charge in [-0.2, -0.15) is 5.26 Å². The van der Waals surface area contributed by atoms with Gasteiger partial charge in [-0.15, -0.1) is 0 Å². The summed E-state index contributed by atoms with van der Waals surface area (Å²) in [4.78, 5) is 10.8. The molecule has 0 unspecified atom stereocenters. The molecule has 15 heavy (non-hydrogen) atoms. The molecule has 0 saturated heterocycles. The van der Waals surface area contributed by atoms with Crippen LogP contribution in [0.3, 0.4) is 0 Å². The van der Waals surface area contributed by atoms with E-state index in [0.29, 0.717) is 0 Å². The summed E-state index contributed by atoms with van der Waals surface area (Å²) in [5, 5.41) is 17.9. The van der Waals surface area contributed by atoms with Gasteiger partial charge in [-0.05, 0) is 44.0 Å².